The number of alkyl halides is 2. The van der Waals surface area contributed by atoms with Gasteiger partial charge >= 0.3 is 6.61 Å². The minimum absolute atomic E-state index is 0.0583. The predicted molar refractivity (Wildman–Crippen MR) is 102 cm³/mol. The van der Waals surface area contributed by atoms with Gasteiger partial charge in [-0.2, -0.15) is 8.78 Å². The number of hydrogen-bond donors (Lipinski definition) is 0. The Morgan fingerprint density at radius 2 is 1.69 bits per heavy atom. The zero-order chi connectivity index (χ0) is 18.7. The maximum atomic E-state index is 12.7. The maximum absolute atomic E-state index is 12.7. The predicted octanol–water partition coefficient (Wildman–Crippen LogP) is 4.70. The Labute approximate surface area is 158 Å². The molecule has 0 aromatic heterocycles. The molecule has 0 saturated carbocycles. The number of ether oxygens (including phenoxy) is 2. The van der Waals surface area contributed by atoms with Crippen molar-refractivity contribution in [2.75, 3.05) is 12.0 Å². The molecular formula is C18H13F2NO3S2. The van der Waals surface area contributed by atoms with E-state index < -0.39 is 6.61 Å². The third kappa shape index (κ3) is 4.03. The molecule has 0 unspecified atom stereocenters. The van der Waals surface area contributed by atoms with E-state index >= 15 is 0 Å². The highest BCUT2D eigenvalue weighted by molar-refractivity contribution is 8.27. The van der Waals surface area contributed by atoms with Crippen molar-refractivity contribution in [1.29, 1.82) is 0 Å². The smallest absolute Gasteiger partial charge is 0.387 e. The van der Waals surface area contributed by atoms with E-state index in [1.54, 1.807) is 49.6 Å². The number of thioether (sulfide) groups is 1. The fourth-order valence-electron chi connectivity index (χ4n) is 2.32. The minimum atomic E-state index is -2.87. The minimum Gasteiger partial charge on any atom is -0.497 e. The van der Waals surface area contributed by atoms with Crippen LogP contribution >= 0.6 is 24.0 Å². The van der Waals surface area contributed by atoms with Crippen LogP contribution in [0.4, 0.5) is 14.5 Å². The first-order chi connectivity index (χ1) is 12.5. The fraction of sp³-hybridized carbons (Fsp3) is 0.111. The van der Waals surface area contributed by atoms with Gasteiger partial charge in [0.1, 0.15) is 11.5 Å². The summed E-state index contributed by atoms with van der Waals surface area (Å²) in [5.74, 6) is 0.502. The van der Waals surface area contributed by atoms with Crippen LogP contribution in [-0.2, 0) is 4.79 Å². The van der Waals surface area contributed by atoms with Gasteiger partial charge in [-0.3, -0.25) is 9.69 Å². The number of rotatable bonds is 5. The molecule has 3 rings (SSSR count). The van der Waals surface area contributed by atoms with Crippen LogP contribution in [0.1, 0.15) is 5.56 Å². The van der Waals surface area contributed by atoms with E-state index in [0.717, 1.165) is 0 Å². The monoisotopic (exact) mass is 393 g/mol. The lowest BCUT2D eigenvalue weighted by molar-refractivity contribution is -0.113. The number of amides is 1. The van der Waals surface area contributed by atoms with Crippen molar-refractivity contribution >= 4 is 46.0 Å². The second kappa shape index (κ2) is 7.84. The summed E-state index contributed by atoms with van der Waals surface area (Å²) in [6.07, 6.45) is 1.66. The number of thiocarbonyl (C=S) groups is 1. The molecule has 1 heterocycles. The summed E-state index contributed by atoms with van der Waals surface area (Å²) in [5, 5.41) is 0. The van der Waals surface area contributed by atoms with E-state index in [2.05, 4.69) is 4.74 Å². The summed E-state index contributed by atoms with van der Waals surface area (Å²) < 4.78 is 34.2. The van der Waals surface area contributed by atoms with E-state index in [1.807, 2.05) is 0 Å². The van der Waals surface area contributed by atoms with Crippen molar-refractivity contribution < 1.29 is 23.0 Å². The Balaban J connectivity index is 1.80. The lowest BCUT2D eigenvalue weighted by atomic mass is 10.2. The average Bonchev–Trinajstić information content (AvgIpc) is 2.90. The van der Waals surface area contributed by atoms with Gasteiger partial charge in [0.2, 0.25) is 0 Å². The summed E-state index contributed by atoms with van der Waals surface area (Å²) in [6.45, 7) is -2.87. The quantitative estimate of drug-likeness (QED) is 0.544. The first kappa shape index (κ1) is 18.3. The van der Waals surface area contributed by atoms with E-state index in [4.69, 9.17) is 17.0 Å². The number of benzene rings is 2. The number of methoxy groups -OCH3 is 1. The van der Waals surface area contributed by atoms with Crippen LogP contribution in [0.25, 0.3) is 6.08 Å². The Morgan fingerprint density at radius 1 is 1.08 bits per heavy atom. The SMILES string of the molecule is COc1ccc(N2C(=O)/C(=C\c3ccc(OC(F)F)cc3)SC2=S)cc1. The molecule has 2 aromatic carbocycles. The zero-order valence-electron chi connectivity index (χ0n) is 13.5. The lowest BCUT2D eigenvalue weighted by Gasteiger charge is -2.14. The van der Waals surface area contributed by atoms with Crippen molar-refractivity contribution in [3.63, 3.8) is 0 Å². The van der Waals surface area contributed by atoms with Crippen molar-refractivity contribution in [2.24, 2.45) is 0 Å². The van der Waals surface area contributed by atoms with Crippen LogP contribution in [0.2, 0.25) is 0 Å². The molecule has 0 spiro atoms. The molecule has 0 bridgehead atoms. The van der Waals surface area contributed by atoms with Crippen molar-refractivity contribution in [3.8, 4) is 11.5 Å². The van der Waals surface area contributed by atoms with Gasteiger partial charge in [0.25, 0.3) is 5.91 Å². The normalized spacial score (nSPS) is 15.8. The third-order valence-corrected chi connectivity index (χ3v) is 4.83. The van der Waals surface area contributed by atoms with Crippen molar-refractivity contribution in [3.05, 3.63) is 59.0 Å². The summed E-state index contributed by atoms with van der Waals surface area (Å²) >= 11 is 6.50. The highest BCUT2D eigenvalue weighted by atomic mass is 32.2. The number of hydrogen-bond acceptors (Lipinski definition) is 5. The van der Waals surface area contributed by atoms with Gasteiger partial charge in [-0.25, -0.2) is 0 Å². The highest BCUT2D eigenvalue weighted by Gasteiger charge is 2.33. The average molecular weight is 393 g/mol. The number of anilines is 1. The van der Waals surface area contributed by atoms with Crippen LogP contribution in [-0.4, -0.2) is 23.9 Å². The molecule has 134 valence electrons. The number of carbonyl (C=O) groups is 1. The van der Waals surface area contributed by atoms with E-state index in [9.17, 15) is 13.6 Å². The van der Waals surface area contributed by atoms with Crippen molar-refractivity contribution in [1.82, 2.24) is 0 Å². The Morgan fingerprint density at radius 3 is 2.27 bits per heavy atom. The maximum Gasteiger partial charge on any atom is 0.387 e. The molecule has 0 N–H and O–H groups in total. The first-order valence-corrected chi connectivity index (χ1v) is 8.67. The summed E-state index contributed by atoms with van der Waals surface area (Å²) in [7, 11) is 1.56. The van der Waals surface area contributed by atoms with E-state index in [1.165, 1.54) is 28.8 Å². The largest absolute Gasteiger partial charge is 0.497 e. The number of halogens is 2. The van der Waals surface area contributed by atoms with Crippen LogP contribution in [0, 0.1) is 0 Å². The Hall–Kier alpha value is -2.45. The molecule has 1 fully saturated rings. The molecule has 26 heavy (non-hydrogen) atoms. The standard InChI is InChI=1S/C18H13F2NO3S2/c1-23-13-8-4-12(5-9-13)21-16(22)15(26-18(21)25)10-11-2-6-14(7-3-11)24-17(19)20/h2-10,17H,1H3/b15-10+. The molecule has 2 aromatic rings. The summed E-state index contributed by atoms with van der Waals surface area (Å²) in [5.41, 5.74) is 1.33. The second-order valence-corrected chi connectivity index (χ2v) is 6.84. The van der Waals surface area contributed by atoms with Crippen LogP contribution in [0.15, 0.2) is 53.4 Å². The number of nitrogens with zero attached hydrogens (tertiary/aromatic N) is 1. The summed E-state index contributed by atoms with van der Waals surface area (Å²) in [6, 6.07) is 13.0. The van der Waals surface area contributed by atoms with Gasteiger partial charge in [-0.1, -0.05) is 36.1 Å². The topological polar surface area (TPSA) is 38.8 Å². The second-order valence-electron chi connectivity index (χ2n) is 5.16. The fourth-order valence-corrected chi connectivity index (χ4v) is 3.62. The van der Waals surface area contributed by atoms with Crippen LogP contribution < -0.4 is 14.4 Å². The van der Waals surface area contributed by atoms with Gasteiger partial charge in [-0.15, -0.1) is 0 Å². The molecule has 0 atom stereocenters. The van der Waals surface area contributed by atoms with Crippen molar-refractivity contribution in [2.45, 2.75) is 6.61 Å². The molecule has 8 heteroatoms. The van der Waals surface area contributed by atoms with Gasteiger partial charge in [0, 0.05) is 0 Å². The third-order valence-electron chi connectivity index (χ3n) is 3.53. The van der Waals surface area contributed by atoms with Crippen LogP contribution in [0.5, 0.6) is 11.5 Å². The van der Waals surface area contributed by atoms with Gasteiger partial charge in [0.05, 0.1) is 17.7 Å². The van der Waals surface area contributed by atoms with E-state index in [0.29, 0.717) is 26.2 Å². The molecule has 4 nitrogen and oxygen atoms in total. The first-order valence-electron chi connectivity index (χ1n) is 7.45. The Bertz CT molecular complexity index is 852. The lowest BCUT2D eigenvalue weighted by Crippen LogP contribution is -2.27. The molecular weight excluding hydrogens is 380 g/mol. The molecule has 0 aliphatic carbocycles. The van der Waals surface area contributed by atoms with Gasteiger partial charge < -0.3 is 9.47 Å². The zero-order valence-corrected chi connectivity index (χ0v) is 15.2. The van der Waals surface area contributed by atoms with Gasteiger partial charge in [-0.05, 0) is 48.0 Å². The van der Waals surface area contributed by atoms with Gasteiger partial charge in [0.15, 0.2) is 4.32 Å². The summed E-state index contributed by atoms with van der Waals surface area (Å²) in [4.78, 5) is 14.6. The Kier molecular flexibility index (Phi) is 5.53. The molecule has 1 saturated heterocycles. The van der Waals surface area contributed by atoms with Crippen LogP contribution in [0.3, 0.4) is 0 Å². The number of carbonyl (C=O) groups excluding carboxylic acids is 1. The molecule has 1 amide bonds. The molecule has 1 aliphatic rings. The molecule has 0 radical (unpaired) electrons. The van der Waals surface area contributed by atoms with E-state index in [-0.39, 0.29) is 11.7 Å². The highest BCUT2D eigenvalue weighted by Crippen LogP contribution is 2.36. The molecule has 1 aliphatic heterocycles.